The molecule has 3 nitrogen and oxygen atoms in total. The molecule has 4 unspecified atom stereocenters. The molecule has 4 aromatic carbocycles. The number of nitrogens with zero attached hydrogens (tertiary/aromatic N) is 3. The van der Waals surface area contributed by atoms with Gasteiger partial charge in [-0.05, 0) is 68.1 Å². The molecule has 1 aromatic heterocycles. The second-order valence-electron chi connectivity index (χ2n) is 10.7. The Kier molecular flexibility index (Phi) is 11.4. The van der Waals surface area contributed by atoms with Crippen molar-refractivity contribution in [2.45, 2.75) is 62.0 Å². The molecule has 216 valence electrons. The van der Waals surface area contributed by atoms with Crippen molar-refractivity contribution in [1.29, 1.82) is 0 Å². The van der Waals surface area contributed by atoms with Gasteiger partial charge in [-0.2, -0.15) is 0 Å². The molecule has 42 heavy (non-hydrogen) atoms. The van der Waals surface area contributed by atoms with Crippen molar-refractivity contribution in [3.63, 3.8) is 0 Å². The van der Waals surface area contributed by atoms with Crippen molar-refractivity contribution in [3.8, 4) is 0 Å². The van der Waals surface area contributed by atoms with Crippen molar-refractivity contribution in [1.82, 2.24) is 15.0 Å². The van der Waals surface area contributed by atoms with E-state index in [9.17, 15) is 0 Å². The fourth-order valence-electron chi connectivity index (χ4n) is 5.85. The third kappa shape index (κ3) is 7.78. The van der Waals surface area contributed by atoms with Gasteiger partial charge in [0.25, 0.3) is 0 Å². The molecule has 1 heterocycles. The average Bonchev–Trinajstić information content (AvgIpc) is 3.58. The van der Waals surface area contributed by atoms with Crippen LogP contribution in [-0.4, -0.2) is 31.6 Å². The van der Waals surface area contributed by atoms with Gasteiger partial charge in [-0.3, -0.25) is 0 Å². The number of benzene rings is 4. The SMILES string of the molecule is CCCC(C(CC(C)SC(C)n1ccnn1)P(c1ccccc1)c1ccccc1)P(c1ccccc1)c1ccccc1. The first-order valence-electron chi connectivity index (χ1n) is 15.0. The molecule has 0 fully saturated rings. The van der Waals surface area contributed by atoms with Crippen LogP contribution in [0.25, 0.3) is 0 Å². The van der Waals surface area contributed by atoms with E-state index < -0.39 is 15.8 Å². The Hall–Kier alpha value is -2.77. The zero-order valence-electron chi connectivity index (χ0n) is 24.8. The number of hydrogen-bond donors (Lipinski definition) is 0. The standard InChI is InChI=1S/C36H41N3P2S/c1-4-17-35(40(31-18-9-5-10-19-31)32-20-11-6-12-21-32)36(28-29(2)42-30(3)39-27-26-37-38-39)41(33-22-13-7-14-23-33)34-24-15-8-16-25-34/h5-16,18-27,29-30,35-36H,4,17,28H2,1-3H3. The summed E-state index contributed by atoms with van der Waals surface area (Å²) < 4.78 is 1.98. The maximum Gasteiger partial charge on any atom is 0.0962 e. The van der Waals surface area contributed by atoms with Gasteiger partial charge >= 0.3 is 0 Å². The smallest absolute Gasteiger partial charge is 0.0962 e. The van der Waals surface area contributed by atoms with E-state index in [0.29, 0.717) is 16.6 Å². The molecular weight excluding hydrogens is 568 g/mol. The van der Waals surface area contributed by atoms with E-state index >= 15 is 0 Å². The van der Waals surface area contributed by atoms with Crippen molar-refractivity contribution in [3.05, 3.63) is 134 Å². The molecule has 0 radical (unpaired) electrons. The zero-order valence-corrected chi connectivity index (χ0v) is 27.4. The Bertz CT molecular complexity index is 1360. The molecule has 0 aliphatic heterocycles. The maximum absolute atomic E-state index is 4.30. The summed E-state index contributed by atoms with van der Waals surface area (Å²) >= 11 is 2.01. The number of aromatic nitrogens is 3. The monoisotopic (exact) mass is 609 g/mol. The van der Waals surface area contributed by atoms with Gasteiger partial charge in [0.2, 0.25) is 0 Å². The summed E-state index contributed by atoms with van der Waals surface area (Å²) in [7, 11) is -1.19. The van der Waals surface area contributed by atoms with Gasteiger partial charge in [-0.1, -0.05) is 147 Å². The van der Waals surface area contributed by atoms with Crippen LogP contribution in [0, 0.1) is 0 Å². The molecule has 0 saturated carbocycles. The Morgan fingerprint density at radius 3 is 1.45 bits per heavy atom. The highest BCUT2D eigenvalue weighted by atomic mass is 32.2. The highest BCUT2D eigenvalue weighted by Crippen LogP contribution is 2.55. The predicted octanol–water partition coefficient (Wildman–Crippen LogP) is 8.11. The van der Waals surface area contributed by atoms with E-state index in [4.69, 9.17) is 0 Å². The van der Waals surface area contributed by atoms with Crippen molar-refractivity contribution < 1.29 is 0 Å². The predicted molar refractivity (Wildman–Crippen MR) is 187 cm³/mol. The normalized spacial score (nSPS) is 14.5. The fourth-order valence-corrected chi connectivity index (χ4v) is 14.1. The first kappa shape index (κ1) is 30.7. The lowest BCUT2D eigenvalue weighted by molar-refractivity contribution is 0.603. The van der Waals surface area contributed by atoms with Gasteiger partial charge in [0.15, 0.2) is 0 Å². The summed E-state index contributed by atoms with van der Waals surface area (Å²) in [5.41, 5.74) is 1.03. The van der Waals surface area contributed by atoms with E-state index in [-0.39, 0.29) is 5.37 Å². The van der Waals surface area contributed by atoms with Crippen molar-refractivity contribution >= 4 is 48.8 Å². The average molecular weight is 610 g/mol. The molecule has 0 N–H and O–H groups in total. The highest BCUT2D eigenvalue weighted by Gasteiger charge is 2.38. The van der Waals surface area contributed by atoms with Gasteiger partial charge < -0.3 is 0 Å². The van der Waals surface area contributed by atoms with Gasteiger partial charge in [-0.25, -0.2) is 4.68 Å². The third-order valence-corrected chi connectivity index (χ3v) is 15.1. The lowest BCUT2D eigenvalue weighted by Gasteiger charge is -2.41. The highest BCUT2D eigenvalue weighted by molar-refractivity contribution is 7.99. The molecule has 5 aromatic rings. The first-order valence-corrected chi connectivity index (χ1v) is 18.7. The largest absolute Gasteiger partial charge is 0.240 e. The van der Waals surface area contributed by atoms with E-state index in [1.807, 2.05) is 22.6 Å². The fraction of sp³-hybridized carbons (Fsp3) is 0.278. The second kappa shape index (κ2) is 15.6. The molecule has 0 aliphatic carbocycles. The van der Waals surface area contributed by atoms with Gasteiger partial charge in [0, 0.05) is 11.4 Å². The molecule has 0 amide bonds. The lowest BCUT2D eigenvalue weighted by Crippen LogP contribution is -2.37. The van der Waals surface area contributed by atoms with Crippen molar-refractivity contribution in [2.75, 3.05) is 0 Å². The topological polar surface area (TPSA) is 30.7 Å². The minimum Gasteiger partial charge on any atom is -0.240 e. The molecule has 5 rings (SSSR count). The first-order chi connectivity index (χ1) is 20.7. The van der Waals surface area contributed by atoms with E-state index in [0.717, 1.165) is 6.42 Å². The number of thioether (sulfide) groups is 1. The van der Waals surface area contributed by atoms with Gasteiger partial charge in [0.05, 0.1) is 11.6 Å². The minimum absolute atomic E-state index is 0.234. The molecule has 4 atom stereocenters. The van der Waals surface area contributed by atoms with Crippen LogP contribution in [0.4, 0.5) is 0 Å². The van der Waals surface area contributed by atoms with Crippen LogP contribution < -0.4 is 21.2 Å². The molecular formula is C36H41N3P2S. The number of rotatable bonds is 14. The molecule has 0 saturated heterocycles. The zero-order chi connectivity index (χ0) is 29.1. The van der Waals surface area contributed by atoms with Crippen LogP contribution in [0.3, 0.4) is 0 Å². The van der Waals surface area contributed by atoms with E-state index in [1.54, 1.807) is 6.20 Å². The Labute approximate surface area is 258 Å². The Morgan fingerprint density at radius 2 is 1.07 bits per heavy atom. The summed E-state index contributed by atoms with van der Waals surface area (Å²) in [6.07, 6.45) is 7.27. The minimum atomic E-state index is -0.613. The van der Waals surface area contributed by atoms with Gasteiger partial charge in [0.1, 0.15) is 0 Å². The molecule has 0 spiro atoms. The van der Waals surface area contributed by atoms with Gasteiger partial charge in [-0.15, -0.1) is 16.9 Å². The summed E-state index contributed by atoms with van der Waals surface area (Å²) in [6.45, 7) is 7.03. The molecule has 0 aliphatic rings. The second-order valence-corrected chi connectivity index (χ2v) is 17.3. The molecule has 6 heteroatoms. The molecule has 0 bridgehead atoms. The Balaban J connectivity index is 1.63. The third-order valence-electron chi connectivity index (χ3n) is 7.65. The van der Waals surface area contributed by atoms with E-state index in [2.05, 4.69) is 152 Å². The van der Waals surface area contributed by atoms with Crippen LogP contribution in [0.5, 0.6) is 0 Å². The van der Waals surface area contributed by atoms with E-state index in [1.165, 1.54) is 34.1 Å². The lowest BCUT2D eigenvalue weighted by atomic mass is 10.1. The summed E-state index contributed by atoms with van der Waals surface area (Å²) in [5, 5.41) is 15.0. The summed E-state index contributed by atoms with van der Waals surface area (Å²) in [5.74, 6) is 0. The maximum atomic E-state index is 4.30. The quantitative estimate of drug-likeness (QED) is 0.119. The van der Waals surface area contributed by atoms with Crippen LogP contribution in [0.2, 0.25) is 0 Å². The number of hydrogen-bond acceptors (Lipinski definition) is 3. The summed E-state index contributed by atoms with van der Waals surface area (Å²) in [6, 6.07) is 45.4. The summed E-state index contributed by atoms with van der Waals surface area (Å²) in [4.78, 5) is 0. The van der Waals surface area contributed by atoms with Crippen LogP contribution in [0.15, 0.2) is 134 Å². The van der Waals surface area contributed by atoms with Crippen LogP contribution >= 0.6 is 27.6 Å². The van der Waals surface area contributed by atoms with Crippen molar-refractivity contribution in [2.24, 2.45) is 0 Å². The van der Waals surface area contributed by atoms with Crippen LogP contribution in [0.1, 0.15) is 45.4 Å². The Morgan fingerprint density at radius 1 is 0.643 bits per heavy atom. The van der Waals surface area contributed by atoms with Crippen LogP contribution in [-0.2, 0) is 0 Å².